The molecule has 1 heterocycles. The van der Waals surface area contributed by atoms with E-state index < -0.39 is 12.0 Å². The van der Waals surface area contributed by atoms with Crippen molar-refractivity contribution in [3.05, 3.63) is 89.5 Å². The van der Waals surface area contributed by atoms with E-state index in [-0.39, 0.29) is 17.9 Å². The number of nitrogens with zero attached hydrogens (tertiary/aromatic N) is 1. The molecule has 168 valence electrons. The molecule has 2 amide bonds. The second-order valence-corrected chi connectivity index (χ2v) is 8.45. The minimum absolute atomic E-state index is 0.0219. The van der Waals surface area contributed by atoms with E-state index in [0.29, 0.717) is 22.7 Å². The summed E-state index contributed by atoms with van der Waals surface area (Å²) < 4.78 is 10.8. The predicted octanol–water partition coefficient (Wildman–Crippen LogP) is 4.79. The molecule has 3 aromatic rings. The first-order valence-electron chi connectivity index (χ1n) is 11.1. The topological polar surface area (TPSA) is 67.9 Å². The van der Waals surface area contributed by atoms with Gasteiger partial charge in [-0.15, -0.1) is 0 Å². The number of amides is 2. The van der Waals surface area contributed by atoms with Crippen LogP contribution in [0.1, 0.15) is 46.3 Å². The Bertz CT molecular complexity index is 1200. The molecule has 2 atom stereocenters. The fourth-order valence-corrected chi connectivity index (χ4v) is 4.69. The Morgan fingerprint density at radius 1 is 0.909 bits per heavy atom. The lowest BCUT2D eigenvalue weighted by Gasteiger charge is -2.42. The van der Waals surface area contributed by atoms with Crippen molar-refractivity contribution in [1.29, 1.82) is 0 Å². The van der Waals surface area contributed by atoms with Gasteiger partial charge < -0.3 is 19.7 Å². The number of benzene rings is 3. The third-order valence-corrected chi connectivity index (χ3v) is 6.37. The van der Waals surface area contributed by atoms with Crippen LogP contribution < -0.4 is 14.8 Å². The molecule has 1 aliphatic heterocycles. The summed E-state index contributed by atoms with van der Waals surface area (Å²) >= 11 is 0. The van der Waals surface area contributed by atoms with Gasteiger partial charge in [-0.2, -0.15) is 0 Å². The highest BCUT2D eigenvalue weighted by Crippen LogP contribution is 2.48. The number of rotatable bonds is 6. The van der Waals surface area contributed by atoms with E-state index in [4.69, 9.17) is 9.47 Å². The summed E-state index contributed by atoms with van der Waals surface area (Å²) in [6.07, 6.45) is 1.89. The van der Waals surface area contributed by atoms with Crippen LogP contribution >= 0.6 is 0 Å². The van der Waals surface area contributed by atoms with Crippen LogP contribution in [0.4, 0.5) is 5.69 Å². The van der Waals surface area contributed by atoms with Crippen molar-refractivity contribution in [2.45, 2.75) is 30.8 Å². The van der Waals surface area contributed by atoms with Crippen LogP contribution in [0.3, 0.4) is 0 Å². The van der Waals surface area contributed by atoms with Crippen LogP contribution in [0, 0.1) is 0 Å². The maximum atomic E-state index is 13.8. The van der Waals surface area contributed by atoms with Crippen molar-refractivity contribution in [2.75, 3.05) is 19.5 Å². The monoisotopic (exact) mass is 442 g/mol. The van der Waals surface area contributed by atoms with Crippen molar-refractivity contribution in [3.63, 3.8) is 0 Å². The van der Waals surface area contributed by atoms with Gasteiger partial charge in [0, 0.05) is 23.4 Å². The molecule has 0 radical (unpaired) electrons. The van der Waals surface area contributed by atoms with Crippen molar-refractivity contribution in [3.8, 4) is 11.5 Å². The highest BCUT2D eigenvalue weighted by Gasteiger charge is 2.49. The Kier molecular flexibility index (Phi) is 5.50. The highest BCUT2D eigenvalue weighted by molar-refractivity contribution is 6.04. The van der Waals surface area contributed by atoms with Crippen molar-refractivity contribution < 1.29 is 19.1 Å². The molecule has 6 heteroatoms. The van der Waals surface area contributed by atoms with Crippen LogP contribution in [0.5, 0.6) is 11.5 Å². The molecule has 3 aromatic carbocycles. The highest BCUT2D eigenvalue weighted by atomic mass is 16.5. The zero-order chi connectivity index (χ0) is 22.9. The average molecular weight is 443 g/mol. The summed E-state index contributed by atoms with van der Waals surface area (Å²) in [6, 6.07) is 22.1. The second kappa shape index (κ2) is 8.62. The summed E-state index contributed by atoms with van der Waals surface area (Å²) in [4.78, 5) is 29.3. The van der Waals surface area contributed by atoms with Crippen LogP contribution in [0.15, 0.2) is 72.8 Å². The molecule has 1 aliphatic carbocycles. The fraction of sp³-hybridized carbons (Fsp3) is 0.259. The van der Waals surface area contributed by atoms with Gasteiger partial charge in [0.2, 0.25) is 5.91 Å². The van der Waals surface area contributed by atoms with Gasteiger partial charge >= 0.3 is 0 Å². The Labute approximate surface area is 193 Å². The minimum Gasteiger partial charge on any atom is -0.497 e. The lowest BCUT2D eigenvalue weighted by atomic mass is 9.79. The number of ether oxygens (including phenoxy) is 2. The van der Waals surface area contributed by atoms with Gasteiger partial charge in [0.25, 0.3) is 5.91 Å². The van der Waals surface area contributed by atoms with E-state index in [2.05, 4.69) is 5.32 Å². The predicted molar refractivity (Wildman–Crippen MR) is 126 cm³/mol. The van der Waals surface area contributed by atoms with Crippen LogP contribution in [0.2, 0.25) is 0 Å². The maximum absolute atomic E-state index is 13.8. The largest absolute Gasteiger partial charge is 0.497 e. The Morgan fingerprint density at radius 3 is 2.33 bits per heavy atom. The van der Waals surface area contributed by atoms with Crippen LogP contribution in [0.25, 0.3) is 0 Å². The van der Waals surface area contributed by atoms with Gasteiger partial charge in [-0.05, 0) is 54.3 Å². The van der Waals surface area contributed by atoms with Gasteiger partial charge in [-0.3, -0.25) is 9.59 Å². The third kappa shape index (κ3) is 3.93. The molecule has 33 heavy (non-hydrogen) atoms. The quantitative estimate of drug-likeness (QED) is 0.596. The molecule has 6 nitrogen and oxygen atoms in total. The van der Waals surface area contributed by atoms with Crippen LogP contribution in [-0.2, 0) is 4.79 Å². The first-order chi connectivity index (χ1) is 16.1. The number of hydrogen-bond acceptors (Lipinski definition) is 4. The summed E-state index contributed by atoms with van der Waals surface area (Å²) in [6.45, 7) is 0. The van der Waals surface area contributed by atoms with E-state index in [9.17, 15) is 9.59 Å². The summed E-state index contributed by atoms with van der Waals surface area (Å²) in [5, 5.41) is 3.06. The lowest BCUT2D eigenvalue weighted by molar-refractivity contribution is -0.119. The van der Waals surface area contributed by atoms with E-state index >= 15 is 0 Å². The number of hydrogen-bond donors (Lipinski definition) is 1. The molecule has 2 unspecified atom stereocenters. The van der Waals surface area contributed by atoms with E-state index in [1.165, 1.54) is 0 Å². The van der Waals surface area contributed by atoms with Crippen LogP contribution in [-0.4, -0.2) is 37.0 Å². The number of nitrogens with one attached hydrogen (secondary N) is 1. The first kappa shape index (κ1) is 21.1. The molecule has 5 rings (SSSR count). The second-order valence-electron chi connectivity index (χ2n) is 8.45. The molecular weight excluding hydrogens is 416 g/mol. The number of carbonyl (C=O) groups excluding carboxylic acids is 2. The Balaban J connectivity index is 1.62. The number of carbonyl (C=O) groups is 2. The molecule has 0 aromatic heterocycles. The first-order valence-corrected chi connectivity index (χ1v) is 11.1. The molecule has 1 fully saturated rings. The SMILES string of the molecule is COc1cccc(NC(=O)C2c3ccccc3C(=O)N(C3CC3)C2c2cccc(OC)c2)c1. The summed E-state index contributed by atoms with van der Waals surface area (Å²) in [5.41, 5.74) is 2.87. The summed E-state index contributed by atoms with van der Waals surface area (Å²) in [5.74, 6) is 0.600. The molecule has 1 N–H and O–H groups in total. The average Bonchev–Trinajstić information content (AvgIpc) is 3.69. The van der Waals surface area contributed by atoms with Gasteiger partial charge in [0.1, 0.15) is 11.5 Å². The molecular formula is C27H26N2O4. The normalized spacial score (nSPS) is 19.6. The zero-order valence-electron chi connectivity index (χ0n) is 18.7. The van der Waals surface area contributed by atoms with Gasteiger partial charge in [0.05, 0.1) is 26.2 Å². The molecule has 0 bridgehead atoms. The minimum atomic E-state index is -0.571. The summed E-state index contributed by atoms with van der Waals surface area (Å²) in [7, 11) is 3.21. The molecule has 0 spiro atoms. The fourth-order valence-electron chi connectivity index (χ4n) is 4.69. The number of methoxy groups -OCH3 is 2. The Morgan fingerprint density at radius 2 is 1.61 bits per heavy atom. The van der Waals surface area contributed by atoms with E-state index in [1.807, 2.05) is 71.6 Å². The van der Waals surface area contributed by atoms with Gasteiger partial charge in [-0.25, -0.2) is 0 Å². The maximum Gasteiger partial charge on any atom is 0.254 e. The van der Waals surface area contributed by atoms with E-state index in [1.54, 1.807) is 20.3 Å². The zero-order valence-corrected chi connectivity index (χ0v) is 18.7. The Hall–Kier alpha value is -3.80. The smallest absolute Gasteiger partial charge is 0.254 e. The lowest BCUT2D eigenvalue weighted by Crippen LogP contribution is -2.47. The number of fused-ring (bicyclic) bond motifs is 1. The standard InChI is InChI=1S/C27H26N2O4/c1-32-20-9-5-7-17(15-20)25-24(26(30)28-18-8-6-10-21(16-18)33-2)22-11-3-4-12-23(22)27(31)29(25)19-13-14-19/h3-12,15-16,19,24-25H,13-14H2,1-2H3,(H,28,30). The molecule has 0 saturated heterocycles. The van der Waals surface area contributed by atoms with Crippen molar-refractivity contribution in [1.82, 2.24) is 4.90 Å². The van der Waals surface area contributed by atoms with Gasteiger partial charge in [0.15, 0.2) is 0 Å². The number of anilines is 1. The van der Waals surface area contributed by atoms with Crippen molar-refractivity contribution in [2.24, 2.45) is 0 Å². The molecule has 2 aliphatic rings. The van der Waals surface area contributed by atoms with Crippen molar-refractivity contribution >= 4 is 17.5 Å². The van der Waals surface area contributed by atoms with E-state index in [0.717, 1.165) is 24.0 Å². The van der Waals surface area contributed by atoms with Gasteiger partial charge in [-0.1, -0.05) is 36.4 Å². The third-order valence-electron chi connectivity index (χ3n) is 6.37. The molecule has 1 saturated carbocycles.